The first-order chi connectivity index (χ1) is 20.2. The number of rotatable bonds is 9. The van der Waals surface area contributed by atoms with Gasteiger partial charge in [0.2, 0.25) is 11.9 Å². The van der Waals surface area contributed by atoms with Crippen molar-refractivity contribution in [1.82, 2.24) is 19.7 Å². The van der Waals surface area contributed by atoms with E-state index in [1.807, 2.05) is 0 Å². The van der Waals surface area contributed by atoms with E-state index in [0.29, 0.717) is 39.9 Å². The number of carbonyl (C=O) groups is 2. The zero-order valence-corrected chi connectivity index (χ0v) is 24.4. The Kier molecular flexibility index (Phi) is 8.18. The van der Waals surface area contributed by atoms with Gasteiger partial charge in [-0.25, -0.2) is 9.78 Å². The zero-order chi connectivity index (χ0) is 30.0. The smallest absolute Gasteiger partial charge is 0.330 e. The van der Waals surface area contributed by atoms with Gasteiger partial charge in [0.1, 0.15) is 27.4 Å². The molecule has 0 aliphatic carbocycles. The van der Waals surface area contributed by atoms with Crippen LogP contribution >= 0.6 is 23.2 Å². The average Bonchev–Trinajstić information content (AvgIpc) is 3.40. The number of benzene rings is 2. The van der Waals surface area contributed by atoms with Crippen molar-refractivity contribution in [2.24, 2.45) is 7.05 Å². The highest BCUT2D eigenvalue weighted by molar-refractivity contribution is 6.42. The number of fused-ring (bicyclic) bond motifs is 1. The van der Waals surface area contributed by atoms with Crippen LogP contribution in [0.1, 0.15) is 11.3 Å². The molecular weight excluding hydrogens is 583 g/mol. The first-order valence-corrected chi connectivity index (χ1v) is 13.3. The van der Waals surface area contributed by atoms with Gasteiger partial charge in [0.25, 0.3) is 0 Å². The number of halogens is 2. The Hall–Kier alpha value is -4.81. The monoisotopic (exact) mass is 608 g/mol. The molecule has 12 nitrogen and oxygen atoms in total. The fraction of sp³-hybridized carbons (Fsp3) is 0.179. The molecule has 0 saturated heterocycles. The number of aryl methyl sites for hydroxylation is 1. The van der Waals surface area contributed by atoms with E-state index in [1.165, 1.54) is 30.1 Å². The molecule has 0 unspecified atom stereocenters. The molecule has 0 spiro atoms. The van der Waals surface area contributed by atoms with Crippen LogP contribution in [0.15, 0.2) is 61.4 Å². The maximum absolute atomic E-state index is 14.2. The molecule has 1 aliphatic heterocycles. The summed E-state index contributed by atoms with van der Waals surface area (Å²) in [7, 11) is 4.71. The Labute approximate surface area is 251 Å². The zero-order valence-electron chi connectivity index (χ0n) is 22.9. The normalized spacial score (nSPS) is 12.5. The number of nitrogens with one attached hydrogen (secondary N) is 2. The maximum Gasteiger partial charge on any atom is 0.330 e. The molecule has 2 aromatic heterocycles. The lowest BCUT2D eigenvalue weighted by Gasteiger charge is -2.36. The van der Waals surface area contributed by atoms with E-state index < -0.39 is 6.03 Å². The molecule has 0 saturated carbocycles. The number of hydrogen-bond donors (Lipinski definition) is 2. The molecule has 5 rings (SSSR count). The first-order valence-electron chi connectivity index (χ1n) is 12.6. The van der Waals surface area contributed by atoms with Crippen molar-refractivity contribution in [3.05, 3.63) is 82.7 Å². The predicted octanol–water partition coefficient (Wildman–Crippen LogP) is 5.55. The number of ether oxygens (including phenoxy) is 2. The highest BCUT2D eigenvalue weighted by Crippen LogP contribution is 2.48. The summed E-state index contributed by atoms with van der Waals surface area (Å²) in [5, 5.41) is 10.6. The second kappa shape index (κ2) is 12.0. The molecule has 1 aliphatic rings. The molecule has 3 amide bonds. The Morgan fingerprint density at radius 3 is 2.43 bits per heavy atom. The summed E-state index contributed by atoms with van der Waals surface area (Å²) < 4.78 is 12.5. The van der Waals surface area contributed by atoms with Crippen molar-refractivity contribution in [3.8, 4) is 11.5 Å². The third-order valence-corrected chi connectivity index (χ3v) is 7.14. The summed E-state index contributed by atoms with van der Waals surface area (Å²) in [5.74, 6) is 0.797. The molecule has 3 heterocycles. The third kappa shape index (κ3) is 5.54. The summed E-state index contributed by atoms with van der Waals surface area (Å²) in [6.07, 6.45) is 4.57. The van der Waals surface area contributed by atoms with Crippen molar-refractivity contribution in [3.63, 3.8) is 0 Å². The number of carbonyl (C=O) groups excluding carboxylic acids is 2. The van der Waals surface area contributed by atoms with Crippen LogP contribution in [-0.4, -0.2) is 45.9 Å². The van der Waals surface area contributed by atoms with Crippen LogP contribution in [0.4, 0.5) is 33.6 Å². The van der Waals surface area contributed by atoms with Gasteiger partial charge in [-0.05, 0) is 24.3 Å². The van der Waals surface area contributed by atoms with Gasteiger partial charge in [-0.1, -0.05) is 41.9 Å². The number of methoxy groups -OCH3 is 2. The fourth-order valence-electron chi connectivity index (χ4n) is 4.42. The van der Waals surface area contributed by atoms with E-state index >= 15 is 0 Å². The van der Waals surface area contributed by atoms with Crippen molar-refractivity contribution in [2.75, 3.05) is 34.7 Å². The molecule has 0 radical (unpaired) electrons. The molecule has 2 aromatic carbocycles. The lowest BCUT2D eigenvalue weighted by Crippen LogP contribution is -2.48. The topological polar surface area (TPSA) is 127 Å². The van der Waals surface area contributed by atoms with Gasteiger partial charge in [-0.2, -0.15) is 10.1 Å². The van der Waals surface area contributed by atoms with E-state index in [-0.39, 0.29) is 40.7 Å². The van der Waals surface area contributed by atoms with Crippen LogP contribution in [0.2, 0.25) is 10.0 Å². The summed E-state index contributed by atoms with van der Waals surface area (Å²) >= 11 is 13.4. The van der Waals surface area contributed by atoms with E-state index in [0.717, 1.165) is 0 Å². The number of urea groups is 1. The molecular formula is C28H26Cl2N8O4. The second-order valence-corrected chi connectivity index (χ2v) is 9.86. The quantitative estimate of drug-likeness (QED) is 0.237. The van der Waals surface area contributed by atoms with E-state index in [2.05, 4.69) is 27.3 Å². The average molecular weight is 609 g/mol. The number of anilines is 5. The van der Waals surface area contributed by atoms with Gasteiger partial charge in [0.05, 0.1) is 50.1 Å². The van der Waals surface area contributed by atoms with Crippen LogP contribution in [0.3, 0.4) is 0 Å². The fourth-order valence-corrected chi connectivity index (χ4v) is 5.12. The van der Waals surface area contributed by atoms with Crippen molar-refractivity contribution in [1.29, 1.82) is 0 Å². The number of nitrogens with zero attached hydrogens (tertiary/aromatic N) is 6. The summed E-state index contributed by atoms with van der Waals surface area (Å²) in [4.78, 5) is 38.2. The SMILES string of the molecule is C=CC(=O)Nc1ccccc1Nc1ncc2c(n1)N(Cc1ccn(C)n1)C(=O)N(c1c(Cl)c(OC)cc(OC)c1Cl)C2. The van der Waals surface area contributed by atoms with Crippen LogP contribution < -0.4 is 29.9 Å². The second-order valence-electron chi connectivity index (χ2n) is 9.10. The van der Waals surface area contributed by atoms with Gasteiger partial charge >= 0.3 is 6.03 Å². The molecule has 0 bridgehead atoms. The van der Waals surface area contributed by atoms with Gasteiger partial charge < -0.3 is 20.1 Å². The molecule has 216 valence electrons. The van der Waals surface area contributed by atoms with Crippen molar-refractivity contribution in [2.45, 2.75) is 13.1 Å². The Morgan fingerprint density at radius 2 is 1.81 bits per heavy atom. The Bertz CT molecular complexity index is 1660. The summed E-state index contributed by atoms with van der Waals surface area (Å²) in [6, 6.07) is 9.99. The van der Waals surface area contributed by atoms with Crippen molar-refractivity contribution < 1.29 is 19.1 Å². The van der Waals surface area contributed by atoms with Gasteiger partial charge in [0.15, 0.2) is 0 Å². The molecule has 42 heavy (non-hydrogen) atoms. The maximum atomic E-state index is 14.2. The minimum Gasteiger partial charge on any atom is -0.495 e. The molecule has 0 atom stereocenters. The Morgan fingerprint density at radius 1 is 1.12 bits per heavy atom. The lowest BCUT2D eigenvalue weighted by molar-refractivity contribution is -0.111. The van der Waals surface area contributed by atoms with Crippen LogP contribution in [0, 0.1) is 0 Å². The standard InChI is InChI=1S/C28H26Cl2N8O4/c1-5-22(39)32-18-8-6-7-9-19(18)33-27-31-13-16-14-37(25-23(29)20(41-3)12-21(42-4)24(25)30)28(40)38(26(16)34-27)15-17-10-11-36(2)35-17/h5-13H,1,14-15H2,2-4H3,(H,32,39)(H,31,33,34). The van der Waals surface area contributed by atoms with E-state index in [9.17, 15) is 9.59 Å². The van der Waals surface area contributed by atoms with Crippen LogP contribution in [-0.2, 0) is 24.9 Å². The third-order valence-electron chi connectivity index (χ3n) is 6.41. The molecule has 4 aromatic rings. The van der Waals surface area contributed by atoms with Crippen molar-refractivity contribution >= 4 is 64.0 Å². The largest absolute Gasteiger partial charge is 0.495 e. The number of para-hydroxylation sites is 2. The number of amides is 3. The van der Waals surface area contributed by atoms with Crippen LogP contribution in [0.5, 0.6) is 11.5 Å². The minimum atomic E-state index is -0.449. The lowest BCUT2D eigenvalue weighted by atomic mass is 10.1. The van der Waals surface area contributed by atoms with Crippen LogP contribution in [0.25, 0.3) is 0 Å². The summed E-state index contributed by atoms with van der Waals surface area (Å²) in [6.45, 7) is 3.66. The number of aromatic nitrogens is 4. The number of hydrogen-bond acceptors (Lipinski definition) is 8. The van der Waals surface area contributed by atoms with Gasteiger partial charge in [-0.15, -0.1) is 0 Å². The minimum absolute atomic E-state index is 0.0644. The predicted molar refractivity (Wildman–Crippen MR) is 161 cm³/mol. The van der Waals surface area contributed by atoms with Gasteiger partial charge in [0, 0.05) is 31.1 Å². The summed E-state index contributed by atoms with van der Waals surface area (Å²) in [5.41, 5.74) is 2.54. The highest BCUT2D eigenvalue weighted by atomic mass is 35.5. The first kappa shape index (κ1) is 28.7. The highest BCUT2D eigenvalue weighted by Gasteiger charge is 2.37. The van der Waals surface area contributed by atoms with E-state index in [4.69, 9.17) is 37.7 Å². The van der Waals surface area contributed by atoms with E-state index in [1.54, 1.807) is 60.5 Å². The Balaban J connectivity index is 1.58. The molecule has 14 heteroatoms. The molecule has 0 fully saturated rings. The van der Waals surface area contributed by atoms with Gasteiger partial charge in [-0.3, -0.25) is 19.3 Å². The molecule has 2 N–H and O–H groups in total.